The molecule has 2 atom stereocenters. The third kappa shape index (κ3) is 3.08. The fourth-order valence-corrected chi connectivity index (χ4v) is 4.22. The number of rotatable bonds is 3. The van der Waals surface area contributed by atoms with Gasteiger partial charge in [-0.2, -0.15) is 0 Å². The first-order chi connectivity index (χ1) is 13.4. The van der Waals surface area contributed by atoms with E-state index in [1.54, 1.807) is 24.9 Å². The molecule has 0 aromatic heterocycles. The van der Waals surface area contributed by atoms with Crippen molar-refractivity contribution >= 4 is 22.5 Å². The molecule has 0 saturated carbocycles. The van der Waals surface area contributed by atoms with E-state index in [4.69, 9.17) is 15.2 Å². The number of benzene rings is 3. The second-order valence-corrected chi connectivity index (χ2v) is 7.51. The smallest absolute Gasteiger partial charge is 0.161 e. The van der Waals surface area contributed by atoms with Crippen LogP contribution in [-0.4, -0.2) is 19.4 Å². The minimum Gasteiger partial charge on any atom is -0.496 e. The highest BCUT2D eigenvalue weighted by atomic mass is 32.2. The van der Waals surface area contributed by atoms with E-state index in [0.717, 1.165) is 33.0 Å². The van der Waals surface area contributed by atoms with Gasteiger partial charge in [0.05, 0.1) is 13.2 Å². The average molecular weight is 405 g/mol. The van der Waals surface area contributed by atoms with E-state index in [2.05, 4.69) is 0 Å². The largest absolute Gasteiger partial charge is 0.496 e. The molecule has 3 nitrogen and oxygen atoms in total. The third-order valence-electron chi connectivity index (χ3n) is 5.02. The van der Waals surface area contributed by atoms with Gasteiger partial charge in [0.1, 0.15) is 23.4 Å². The van der Waals surface area contributed by atoms with Gasteiger partial charge in [-0.05, 0) is 47.7 Å². The molecule has 146 valence electrons. The Bertz CT molecular complexity index is 1070. The molecule has 1 aliphatic heterocycles. The van der Waals surface area contributed by atoms with Crippen LogP contribution in [0, 0.1) is 17.5 Å². The Morgan fingerprint density at radius 3 is 2.54 bits per heavy atom. The summed E-state index contributed by atoms with van der Waals surface area (Å²) in [5.74, 6) is -1.97. The van der Waals surface area contributed by atoms with Crippen molar-refractivity contribution in [2.75, 3.05) is 13.4 Å². The molecule has 0 aliphatic carbocycles. The highest BCUT2D eigenvalue weighted by Crippen LogP contribution is 2.42. The van der Waals surface area contributed by atoms with Crippen molar-refractivity contribution < 1.29 is 22.6 Å². The fourth-order valence-electron chi connectivity index (χ4n) is 3.63. The summed E-state index contributed by atoms with van der Waals surface area (Å²) in [6.45, 7) is 0. The molecular weight excluding hydrogens is 387 g/mol. The van der Waals surface area contributed by atoms with Crippen LogP contribution in [0.25, 0.3) is 10.8 Å². The summed E-state index contributed by atoms with van der Waals surface area (Å²) in [5, 5.41) is 1.95. The Hall–Kier alpha value is -2.38. The summed E-state index contributed by atoms with van der Waals surface area (Å²) in [6, 6.07) is 8.39. The molecule has 3 aromatic carbocycles. The zero-order chi connectivity index (χ0) is 20.0. The molecule has 4 rings (SSSR count). The summed E-state index contributed by atoms with van der Waals surface area (Å²) in [7, 11) is 1.61. The molecule has 7 heteroatoms. The molecule has 1 aliphatic rings. The number of halogens is 3. The topological polar surface area (TPSA) is 44.5 Å². The van der Waals surface area contributed by atoms with Gasteiger partial charge in [-0.15, -0.1) is 11.8 Å². The molecule has 0 saturated heterocycles. The van der Waals surface area contributed by atoms with Crippen molar-refractivity contribution in [1.82, 2.24) is 0 Å². The molecule has 0 amide bonds. The summed E-state index contributed by atoms with van der Waals surface area (Å²) < 4.78 is 52.6. The van der Waals surface area contributed by atoms with E-state index in [0.29, 0.717) is 18.2 Å². The summed E-state index contributed by atoms with van der Waals surface area (Å²) in [6.07, 6.45) is 1.46. The molecule has 0 spiro atoms. The van der Waals surface area contributed by atoms with Gasteiger partial charge in [0.25, 0.3) is 0 Å². The Morgan fingerprint density at radius 2 is 1.82 bits per heavy atom. The number of ether oxygens (including phenoxy) is 2. The zero-order valence-electron chi connectivity index (χ0n) is 15.3. The maximum absolute atomic E-state index is 14.2. The molecule has 0 fully saturated rings. The lowest BCUT2D eigenvalue weighted by Gasteiger charge is -2.32. The summed E-state index contributed by atoms with van der Waals surface area (Å²) in [5.41, 5.74) is 7.05. The highest BCUT2D eigenvalue weighted by Gasteiger charge is 2.32. The average Bonchev–Trinajstić information content (AvgIpc) is 2.69. The molecular formula is C21H18F3NO2S. The number of thioether (sulfide) groups is 1. The number of nitrogens with two attached hydrogens (primary N) is 1. The van der Waals surface area contributed by atoms with Crippen LogP contribution >= 0.6 is 11.8 Å². The molecule has 3 aromatic rings. The van der Waals surface area contributed by atoms with Crippen molar-refractivity contribution in [3.05, 3.63) is 65.0 Å². The van der Waals surface area contributed by atoms with Gasteiger partial charge in [0.2, 0.25) is 0 Å². The van der Waals surface area contributed by atoms with Crippen molar-refractivity contribution in [2.45, 2.75) is 23.5 Å². The first kappa shape index (κ1) is 19.0. The lowest BCUT2D eigenvalue weighted by molar-refractivity contribution is 0.149. The van der Waals surface area contributed by atoms with Gasteiger partial charge >= 0.3 is 0 Å². The fraction of sp³-hybridized carbons (Fsp3) is 0.238. The van der Waals surface area contributed by atoms with Crippen LogP contribution in [0.3, 0.4) is 0 Å². The van der Waals surface area contributed by atoms with E-state index in [1.807, 2.05) is 24.5 Å². The van der Waals surface area contributed by atoms with Crippen LogP contribution in [0.4, 0.5) is 13.2 Å². The standard InChI is InChI=1S/C21H18F3NO2S/c1-26-19-8-11-10(5-20(19)28-2)3-4-18-12(11)7-17(25)21(27-18)13-6-15(23)16(24)9-14(13)22/h3-6,8-9,17,21H,7,25H2,1-2H3/t17-,21?/m0/s1. The number of hydrogen-bond donors (Lipinski definition) is 1. The molecule has 0 radical (unpaired) electrons. The summed E-state index contributed by atoms with van der Waals surface area (Å²) >= 11 is 1.59. The third-order valence-corrected chi connectivity index (χ3v) is 5.78. The van der Waals surface area contributed by atoms with Gasteiger partial charge in [-0.3, -0.25) is 0 Å². The number of fused-ring (bicyclic) bond motifs is 3. The molecule has 2 N–H and O–H groups in total. The van der Waals surface area contributed by atoms with E-state index in [9.17, 15) is 13.2 Å². The minimum absolute atomic E-state index is 0.0903. The second-order valence-electron chi connectivity index (χ2n) is 6.66. The summed E-state index contributed by atoms with van der Waals surface area (Å²) in [4.78, 5) is 1.01. The van der Waals surface area contributed by atoms with E-state index in [-0.39, 0.29) is 5.56 Å². The number of hydrogen-bond acceptors (Lipinski definition) is 4. The van der Waals surface area contributed by atoms with Crippen molar-refractivity contribution in [1.29, 1.82) is 0 Å². The molecule has 1 unspecified atom stereocenters. The van der Waals surface area contributed by atoms with Crippen molar-refractivity contribution in [3.63, 3.8) is 0 Å². The van der Waals surface area contributed by atoms with Gasteiger partial charge in [0.15, 0.2) is 11.6 Å². The van der Waals surface area contributed by atoms with Crippen LogP contribution < -0.4 is 15.2 Å². The van der Waals surface area contributed by atoms with Gasteiger partial charge in [0, 0.05) is 22.1 Å². The van der Waals surface area contributed by atoms with Gasteiger partial charge in [-0.1, -0.05) is 6.07 Å². The quantitative estimate of drug-likeness (QED) is 0.493. The first-order valence-corrected chi connectivity index (χ1v) is 9.89. The lowest BCUT2D eigenvalue weighted by atomic mass is 9.90. The Labute approximate surface area is 164 Å². The number of methoxy groups -OCH3 is 1. The van der Waals surface area contributed by atoms with E-state index < -0.39 is 29.6 Å². The van der Waals surface area contributed by atoms with Crippen LogP contribution in [-0.2, 0) is 6.42 Å². The van der Waals surface area contributed by atoms with Crippen LogP contribution in [0.1, 0.15) is 17.2 Å². The van der Waals surface area contributed by atoms with Crippen LogP contribution in [0.15, 0.2) is 41.3 Å². The Kier molecular flexibility index (Phi) is 4.89. The maximum Gasteiger partial charge on any atom is 0.161 e. The maximum atomic E-state index is 14.2. The predicted octanol–water partition coefficient (Wildman–Crippen LogP) is 4.99. The van der Waals surface area contributed by atoms with Crippen LogP contribution in [0.5, 0.6) is 11.5 Å². The van der Waals surface area contributed by atoms with Crippen molar-refractivity contribution in [3.8, 4) is 11.5 Å². The van der Waals surface area contributed by atoms with Gasteiger partial charge in [-0.25, -0.2) is 13.2 Å². The normalized spacial score (nSPS) is 18.6. The van der Waals surface area contributed by atoms with Gasteiger partial charge < -0.3 is 15.2 Å². The monoisotopic (exact) mass is 405 g/mol. The first-order valence-electron chi connectivity index (χ1n) is 8.67. The van der Waals surface area contributed by atoms with Crippen molar-refractivity contribution in [2.24, 2.45) is 5.73 Å². The van der Waals surface area contributed by atoms with Crippen LogP contribution in [0.2, 0.25) is 0 Å². The van der Waals surface area contributed by atoms with E-state index in [1.165, 1.54) is 0 Å². The Balaban J connectivity index is 1.80. The SMILES string of the molecule is COc1cc2c3c(ccc2cc1SC)OC(c1cc(F)c(F)cc1F)[C@@H](N)C3. The molecule has 28 heavy (non-hydrogen) atoms. The minimum atomic E-state index is -1.24. The highest BCUT2D eigenvalue weighted by molar-refractivity contribution is 7.98. The Morgan fingerprint density at radius 1 is 1.07 bits per heavy atom. The lowest BCUT2D eigenvalue weighted by Crippen LogP contribution is -2.38. The van der Waals surface area contributed by atoms with E-state index >= 15 is 0 Å². The molecule has 0 bridgehead atoms. The predicted molar refractivity (Wildman–Crippen MR) is 104 cm³/mol. The molecule has 1 heterocycles. The second kappa shape index (κ2) is 7.22. The zero-order valence-corrected chi connectivity index (χ0v) is 16.1.